The van der Waals surface area contributed by atoms with E-state index in [-0.39, 0.29) is 11.4 Å². The molecular formula is C27H30ClN3O4S. The number of hydrogen-bond donors (Lipinski definition) is 1. The van der Waals surface area contributed by atoms with Crippen LogP contribution in [0.15, 0.2) is 71.6 Å². The van der Waals surface area contributed by atoms with Gasteiger partial charge in [0.2, 0.25) is 5.91 Å². The lowest BCUT2D eigenvalue weighted by molar-refractivity contribution is -0.119. The van der Waals surface area contributed by atoms with E-state index in [1.807, 2.05) is 44.2 Å². The first-order valence-corrected chi connectivity index (χ1v) is 13.6. The highest BCUT2D eigenvalue weighted by molar-refractivity contribution is 7.92. The largest absolute Gasteiger partial charge is 0.378 e. The fourth-order valence-electron chi connectivity index (χ4n) is 3.96. The summed E-state index contributed by atoms with van der Waals surface area (Å²) in [5, 5.41) is 3.29. The van der Waals surface area contributed by atoms with E-state index in [9.17, 15) is 13.2 Å². The van der Waals surface area contributed by atoms with Crippen molar-refractivity contribution in [1.82, 2.24) is 5.32 Å². The van der Waals surface area contributed by atoms with Gasteiger partial charge in [0, 0.05) is 30.3 Å². The van der Waals surface area contributed by atoms with Crippen LogP contribution in [0.2, 0.25) is 5.02 Å². The first-order chi connectivity index (χ1) is 17.2. The van der Waals surface area contributed by atoms with Gasteiger partial charge >= 0.3 is 0 Å². The zero-order valence-corrected chi connectivity index (χ0v) is 22.0. The van der Waals surface area contributed by atoms with Crippen molar-refractivity contribution in [3.63, 3.8) is 0 Å². The van der Waals surface area contributed by atoms with E-state index in [1.54, 1.807) is 12.1 Å². The second-order valence-electron chi connectivity index (χ2n) is 8.78. The Labute approximate surface area is 217 Å². The van der Waals surface area contributed by atoms with Crippen LogP contribution in [-0.2, 0) is 26.1 Å². The number of nitrogens with zero attached hydrogens (tertiary/aromatic N) is 2. The maximum Gasteiger partial charge on any atom is 0.264 e. The van der Waals surface area contributed by atoms with Crippen LogP contribution in [-0.4, -0.2) is 47.2 Å². The molecule has 1 amide bonds. The van der Waals surface area contributed by atoms with Crippen molar-refractivity contribution in [2.45, 2.75) is 25.3 Å². The molecule has 1 aliphatic heterocycles. The summed E-state index contributed by atoms with van der Waals surface area (Å²) >= 11 is 5.95. The second-order valence-corrected chi connectivity index (χ2v) is 11.1. The van der Waals surface area contributed by atoms with Crippen molar-refractivity contribution >= 4 is 38.9 Å². The number of rotatable bonds is 8. The van der Waals surface area contributed by atoms with Gasteiger partial charge in [-0.3, -0.25) is 9.10 Å². The van der Waals surface area contributed by atoms with Crippen LogP contribution < -0.4 is 14.5 Å². The Bertz CT molecular complexity index is 1310. The predicted molar refractivity (Wildman–Crippen MR) is 143 cm³/mol. The fraction of sp³-hybridized carbons (Fsp3) is 0.296. The van der Waals surface area contributed by atoms with Crippen LogP contribution in [0.3, 0.4) is 0 Å². The average Bonchev–Trinajstić information content (AvgIpc) is 2.89. The number of ether oxygens (including phenoxy) is 1. The predicted octanol–water partition coefficient (Wildman–Crippen LogP) is 4.31. The van der Waals surface area contributed by atoms with E-state index >= 15 is 0 Å². The van der Waals surface area contributed by atoms with Gasteiger partial charge in [0.1, 0.15) is 6.54 Å². The third kappa shape index (κ3) is 6.19. The molecule has 1 saturated heterocycles. The van der Waals surface area contributed by atoms with Crippen LogP contribution in [0, 0.1) is 13.8 Å². The summed E-state index contributed by atoms with van der Waals surface area (Å²) in [5.41, 5.74) is 4.44. The van der Waals surface area contributed by atoms with Gasteiger partial charge < -0.3 is 15.0 Å². The maximum absolute atomic E-state index is 13.5. The number of sulfonamides is 1. The lowest BCUT2D eigenvalue weighted by Gasteiger charge is -2.29. The topological polar surface area (TPSA) is 79.0 Å². The van der Waals surface area contributed by atoms with Crippen molar-refractivity contribution in [3.05, 3.63) is 88.4 Å². The molecule has 0 aliphatic carbocycles. The van der Waals surface area contributed by atoms with E-state index in [0.717, 1.165) is 39.8 Å². The van der Waals surface area contributed by atoms with E-state index in [4.69, 9.17) is 16.3 Å². The molecule has 1 aliphatic rings. The standard InChI is InChI=1S/C27H30ClN3O4S/c1-20-3-8-25(17-21(20)2)31(36(33,34)26-11-6-23(28)7-12-26)19-27(32)29-18-22-4-9-24(10-5-22)30-13-15-35-16-14-30/h3-12,17H,13-16,18-19H2,1-2H3,(H,29,32). The molecule has 0 unspecified atom stereocenters. The van der Waals surface area contributed by atoms with Crippen LogP contribution in [0.25, 0.3) is 0 Å². The Morgan fingerprint density at radius 3 is 2.28 bits per heavy atom. The Morgan fingerprint density at radius 2 is 1.64 bits per heavy atom. The van der Waals surface area contributed by atoms with Gasteiger partial charge in [-0.05, 0) is 79.1 Å². The average molecular weight is 528 g/mol. The molecule has 1 heterocycles. The van der Waals surface area contributed by atoms with Crippen molar-refractivity contribution in [3.8, 4) is 0 Å². The smallest absolute Gasteiger partial charge is 0.264 e. The van der Waals surface area contributed by atoms with Crippen molar-refractivity contribution in [2.75, 3.05) is 42.1 Å². The number of halogens is 1. The third-order valence-corrected chi connectivity index (χ3v) is 8.31. The summed E-state index contributed by atoms with van der Waals surface area (Å²) in [7, 11) is -4.00. The summed E-state index contributed by atoms with van der Waals surface area (Å²) in [6.07, 6.45) is 0. The number of morpholine rings is 1. The number of amides is 1. The van der Waals surface area contributed by atoms with Gasteiger partial charge in [-0.2, -0.15) is 0 Å². The molecule has 1 fully saturated rings. The second kappa shape index (κ2) is 11.3. The molecule has 4 rings (SSSR count). The van der Waals surface area contributed by atoms with Crippen LogP contribution >= 0.6 is 11.6 Å². The number of hydrogen-bond acceptors (Lipinski definition) is 5. The number of carbonyl (C=O) groups excluding carboxylic acids is 1. The molecule has 1 N–H and O–H groups in total. The normalized spacial score (nSPS) is 13.9. The molecule has 0 saturated carbocycles. The molecule has 36 heavy (non-hydrogen) atoms. The van der Waals surface area contributed by atoms with E-state index < -0.39 is 15.9 Å². The lowest BCUT2D eigenvalue weighted by atomic mass is 10.1. The van der Waals surface area contributed by atoms with Gasteiger partial charge in [0.15, 0.2) is 0 Å². The number of aryl methyl sites for hydroxylation is 2. The van der Waals surface area contributed by atoms with Gasteiger partial charge in [-0.25, -0.2) is 8.42 Å². The molecule has 3 aromatic rings. The number of carbonyl (C=O) groups is 1. The summed E-state index contributed by atoms with van der Waals surface area (Å²) in [4.78, 5) is 15.3. The van der Waals surface area contributed by atoms with E-state index in [2.05, 4.69) is 10.2 Å². The first-order valence-electron chi connectivity index (χ1n) is 11.8. The number of nitrogens with one attached hydrogen (secondary N) is 1. The molecule has 0 aromatic heterocycles. The van der Waals surface area contributed by atoms with Crippen molar-refractivity contribution < 1.29 is 17.9 Å². The molecule has 0 radical (unpaired) electrons. The minimum Gasteiger partial charge on any atom is -0.378 e. The Balaban J connectivity index is 1.49. The first kappa shape index (κ1) is 26.0. The Kier molecular flexibility index (Phi) is 8.18. The summed E-state index contributed by atoms with van der Waals surface area (Å²) in [6.45, 7) is 6.95. The zero-order valence-electron chi connectivity index (χ0n) is 20.4. The fourth-order valence-corrected chi connectivity index (χ4v) is 5.50. The van der Waals surface area contributed by atoms with Crippen molar-refractivity contribution in [2.24, 2.45) is 0 Å². The Hall–Kier alpha value is -3.07. The minimum absolute atomic E-state index is 0.0663. The third-order valence-electron chi connectivity index (χ3n) is 6.27. The molecule has 7 nitrogen and oxygen atoms in total. The monoisotopic (exact) mass is 527 g/mol. The van der Waals surface area contributed by atoms with Gasteiger partial charge in [-0.15, -0.1) is 0 Å². The molecule has 0 bridgehead atoms. The number of benzene rings is 3. The Morgan fingerprint density at radius 1 is 0.972 bits per heavy atom. The highest BCUT2D eigenvalue weighted by Gasteiger charge is 2.27. The number of anilines is 2. The minimum atomic E-state index is -4.00. The molecular weight excluding hydrogens is 498 g/mol. The maximum atomic E-state index is 13.5. The van der Waals surface area contributed by atoms with E-state index in [1.165, 1.54) is 24.3 Å². The van der Waals surface area contributed by atoms with Crippen molar-refractivity contribution in [1.29, 1.82) is 0 Å². The highest BCUT2D eigenvalue weighted by atomic mass is 35.5. The van der Waals surface area contributed by atoms with Gasteiger partial charge in [-0.1, -0.05) is 29.8 Å². The van der Waals surface area contributed by atoms with Gasteiger partial charge in [0.05, 0.1) is 23.8 Å². The molecule has 0 spiro atoms. The molecule has 9 heteroatoms. The highest BCUT2D eigenvalue weighted by Crippen LogP contribution is 2.26. The molecule has 3 aromatic carbocycles. The van der Waals surface area contributed by atoms with Crippen LogP contribution in [0.4, 0.5) is 11.4 Å². The zero-order chi connectivity index (χ0) is 25.7. The van der Waals surface area contributed by atoms with Crippen LogP contribution in [0.5, 0.6) is 0 Å². The van der Waals surface area contributed by atoms with Gasteiger partial charge in [0.25, 0.3) is 10.0 Å². The SMILES string of the molecule is Cc1ccc(N(CC(=O)NCc2ccc(N3CCOCC3)cc2)S(=O)(=O)c2ccc(Cl)cc2)cc1C. The quantitative estimate of drug-likeness (QED) is 0.472. The molecule has 190 valence electrons. The summed E-state index contributed by atoms with van der Waals surface area (Å²) in [6, 6.07) is 19.3. The molecule has 0 atom stereocenters. The lowest BCUT2D eigenvalue weighted by Crippen LogP contribution is -2.40. The van der Waals surface area contributed by atoms with Crippen LogP contribution in [0.1, 0.15) is 16.7 Å². The summed E-state index contributed by atoms with van der Waals surface area (Å²) in [5.74, 6) is -0.400. The van der Waals surface area contributed by atoms with E-state index in [0.29, 0.717) is 30.5 Å². The summed E-state index contributed by atoms with van der Waals surface area (Å²) < 4.78 is 33.6.